The monoisotopic (exact) mass is 306 g/mol. The number of nitrogens with one attached hydrogen (secondary N) is 1. The van der Waals surface area contributed by atoms with Crippen molar-refractivity contribution >= 4 is 11.6 Å². The standard InChI is InChI=1S/C18H27ClN2/c1-4-18(5-2)14-20-17(3,15-21(18)13-9-12-19)16-10-7-6-8-11-16/h6-12,20H,4-5,13-15H2,1-3H3/b12-9+. The van der Waals surface area contributed by atoms with Gasteiger partial charge in [0.05, 0.1) is 5.54 Å². The van der Waals surface area contributed by atoms with Gasteiger partial charge >= 0.3 is 0 Å². The van der Waals surface area contributed by atoms with Crippen LogP contribution in [-0.2, 0) is 5.54 Å². The molecule has 1 aliphatic heterocycles. The average molecular weight is 307 g/mol. The molecule has 1 N–H and O–H groups in total. The molecule has 0 amide bonds. The van der Waals surface area contributed by atoms with Crippen molar-refractivity contribution in [2.24, 2.45) is 0 Å². The van der Waals surface area contributed by atoms with E-state index in [2.05, 4.69) is 67.4 Å². The van der Waals surface area contributed by atoms with Gasteiger partial charge in [0.1, 0.15) is 0 Å². The fourth-order valence-corrected chi connectivity index (χ4v) is 3.53. The molecule has 1 atom stereocenters. The third-order valence-corrected chi connectivity index (χ3v) is 5.31. The molecule has 1 aromatic carbocycles. The van der Waals surface area contributed by atoms with Gasteiger partial charge in [0.2, 0.25) is 0 Å². The van der Waals surface area contributed by atoms with Crippen LogP contribution in [0.3, 0.4) is 0 Å². The number of rotatable bonds is 5. The topological polar surface area (TPSA) is 15.3 Å². The molecule has 1 unspecified atom stereocenters. The number of hydrogen-bond donors (Lipinski definition) is 1. The third-order valence-electron chi connectivity index (χ3n) is 5.13. The molecule has 0 saturated carbocycles. The molecule has 1 fully saturated rings. The van der Waals surface area contributed by atoms with Crippen molar-refractivity contribution in [1.82, 2.24) is 10.2 Å². The van der Waals surface area contributed by atoms with E-state index in [9.17, 15) is 0 Å². The molecular formula is C18H27ClN2. The molecule has 0 spiro atoms. The van der Waals surface area contributed by atoms with Crippen LogP contribution in [0.5, 0.6) is 0 Å². The molecule has 0 bridgehead atoms. The molecule has 1 heterocycles. The van der Waals surface area contributed by atoms with Crippen molar-refractivity contribution in [3.8, 4) is 0 Å². The van der Waals surface area contributed by atoms with E-state index in [1.165, 1.54) is 5.56 Å². The lowest BCUT2D eigenvalue weighted by Gasteiger charge is -2.53. The van der Waals surface area contributed by atoms with Crippen LogP contribution in [0.1, 0.15) is 39.2 Å². The van der Waals surface area contributed by atoms with Gasteiger partial charge in [-0.3, -0.25) is 4.90 Å². The minimum absolute atomic E-state index is 0.00471. The molecular weight excluding hydrogens is 280 g/mol. The first-order valence-electron chi connectivity index (χ1n) is 7.91. The number of halogens is 1. The van der Waals surface area contributed by atoms with Gasteiger partial charge in [-0.25, -0.2) is 0 Å². The maximum absolute atomic E-state index is 5.77. The van der Waals surface area contributed by atoms with E-state index in [1.54, 1.807) is 5.54 Å². The van der Waals surface area contributed by atoms with Crippen LogP contribution in [0.4, 0.5) is 0 Å². The van der Waals surface area contributed by atoms with Crippen molar-refractivity contribution in [2.45, 2.75) is 44.7 Å². The van der Waals surface area contributed by atoms with Crippen LogP contribution < -0.4 is 5.32 Å². The Hall–Kier alpha value is -0.830. The van der Waals surface area contributed by atoms with Crippen molar-refractivity contribution < 1.29 is 0 Å². The predicted molar refractivity (Wildman–Crippen MR) is 91.7 cm³/mol. The van der Waals surface area contributed by atoms with Gasteiger partial charge in [-0.2, -0.15) is 0 Å². The highest BCUT2D eigenvalue weighted by Gasteiger charge is 2.43. The Morgan fingerprint density at radius 3 is 2.48 bits per heavy atom. The van der Waals surface area contributed by atoms with Crippen molar-refractivity contribution in [3.63, 3.8) is 0 Å². The summed E-state index contributed by atoms with van der Waals surface area (Å²) < 4.78 is 0. The second kappa shape index (κ2) is 6.95. The zero-order valence-electron chi connectivity index (χ0n) is 13.4. The van der Waals surface area contributed by atoms with Crippen LogP contribution in [0.25, 0.3) is 0 Å². The lowest BCUT2D eigenvalue weighted by Crippen LogP contribution is -2.67. The average Bonchev–Trinajstić information content (AvgIpc) is 2.54. The zero-order valence-corrected chi connectivity index (χ0v) is 14.2. The highest BCUT2D eigenvalue weighted by Crippen LogP contribution is 2.34. The second-order valence-corrected chi connectivity index (χ2v) is 6.48. The minimum Gasteiger partial charge on any atom is -0.305 e. The van der Waals surface area contributed by atoms with Crippen LogP contribution in [0.15, 0.2) is 41.9 Å². The SMILES string of the molecule is CCC1(CC)CNC(C)(c2ccccc2)CN1C/C=C/Cl. The Bertz CT molecular complexity index is 467. The molecule has 1 saturated heterocycles. The Balaban J connectivity index is 2.27. The zero-order chi connectivity index (χ0) is 15.3. The van der Waals surface area contributed by atoms with Gasteiger partial charge < -0.3 is 5.32 Å². The van der Waals surface area contributed by atoms with E-state index in [-0.39, 0.29) is 11.1 Å². The Morgan fingerprint density at radius 1 is 1.24 bits per heavy atom. The van der Waals surface area contributed by atoms with Crippen LogP contribution in [0.2, 0.25) is 0 Å². The Labute approximate surface area is 134 Å². The van der Waals surface area contributed by atoms with Crippen LogP contribution in [-0.4, -0.2) is 30.1 Å². The molecule has 0 aliphatic carbocycles. The fraction of sp³-hybridized carbons (Fsp3) is 0.556. The molecule has 1 aromatic rings. The van der Waals surface area contributed by atoms with Crippen LogP contribution in [0, 0.1) is 0 Å². The van der Waals surface area contributed by atoms with E-state index in [0.29, 0.717) is 0 Å². The van der Waals surface area contributed by atoms with Gasteiger partial charge in [-0.1, -0.05) is 61.9 Å². The summed E-state index contributed by atoms with van der Waals surface area (Å²) in [6.07, 6.45) is 4.35. The van der Waals surface area contributed by atoms with Gasteiger partial charge in [-0.15, -0.1) is 0 Å². The van der Waals surface area contributed by atoms with Crippen molar-refractivity contribution in [3.05, 3.63) is 47.5 Å². The maximum atomic E-state index is 5.77. The highest BCUT2D eigenvalue weighted by molar-refractivity contribution is 6.25. The molecule has 3 heteroatoms. The number of benzene rings is 1. The van der Waals surface area contributed by atoms with E-state index in [0.717, 1.165) is 32.5 Å². The summed E-state index contributed by atoms with van der Waals surface area (Å²) in [5.41, 5.74) is 3.21. The largest absolute Gasteiger partial charge is 0.305 e. The van der Waals surface area contributed by atoms with E-state index in [1.807, 2.05) is 0 Å². The third kappa shape index (κ3) is 3.33. The van der Waals surface area contributed by atoms with Crippen LogP contribution >= 0.6 is 11.6 Å². The summed E-state index contributed by atoms with van der Waals surface area (Å²) in [5, 5.41) is 3.81. The number of piperazine rings is 1. The van der Waals surface area contributed by atoms with E-state index in [4.69, 9.17) is 11.6 Å². The summed E-state index contributed by atoms with van der Waals surface area (Å²) in [5.74, 6) is 0. The summed E-state index contributed by atoms with van der Waals surface area (Å²) in [4.78, 5) is 2.59. The first-order valence-corrected chi connectivity index (χ1v) is 8.34. The number of hydrogen-bond acceptors (Lipinski definition) is 2. The van der Waals surface area contributed by atoms with Gasteiger partial charge in [0.25, 0.3) is 0 Å². The highest BCUT2D eigenvalue weighted by atomic mass is 35.5. The van der Waals surface area contributed by atoms with Gasteiger partial charge in [0.15, 0.2) is 0 Å². The van der Waals surface area contributed by atoms with Crippen molar-refractivity contribution in [1.29, 1.82) is 0 Å². The summed E-state index contributed by atoms with van der Waals surface area (Å²) in [6.45, 7) is 9.80. The predicted octanol–water partition coefficient (Wildman–Crippen LogP) is 4.12. The van der Waals surface area contributed by atoms with Crippen molar-refractivity contribution in [2.75, 3.05) is 19.6 Å². The molecule has 116 valence electrons. The molecule has 21 heavy (non-hydrogen) atoms. The molecule has 2 rings (SSSR count). The van der Waals surface area contributed by atoms with E-state index >= 15 is 0 Å². The molecule has 1 aliphatic rings. The quantitative estimate of drug-likeness (QED) is 0.880. The first-order chi connectivity index (χ1) is 10.1. The number of nitrogens with zero attached hydrogens (tertiary/aromatic N) is 1. The fourth-order valence-electron chi connectivity index (χ4n) is 3.45. The van der Waals surface area contributed by atoms with E-state index < -0.39 is 0 Å². The Morgan fingerprint density at radius 2 is 1.90 bits per heavy atom. The summed E-state index contributed by atoms with van der Waals surface area (Å²) in [6, 6.07) is 10.7. The Kier molecular flexibility index (Phi) is 5.48. The lowest BCUT2D eigenvalue weighted by atomic mass is 9.81. The molecule has 0 radical (unpaired) electrons. The summed E-state index contributed by atoms with van der Waals surface area (Å²) >= 11 is 5.77. The lowest BCUT2D eigenvalue weighted by molar-refractivity contribution is 0.0114. The molecule has 0 aromatic heterocycles. The normalized spacial score (nSPS) is 26.3. The van der Waals surface area contributed by atoms with Gasteiger partial charge in [-0.05, 0) is 25.3 Å². The maximum Gasteiger partial charge on any atom is 0.0535 e. The molecule has 2 nitrogen and oxygen atoms in total. The first kappa shape index (κ1) is 16.5. The second-order valence-electron chi connectivity index (χ2n) is 6.23. The van der Waals surface area contributed by atoms with Gasteiger partial charge in [0, 0.05) is 30.7 Å². The minimum atomic E-state index is -0.00471. The smallest absolute Gasteiger partial charge is 0.0535 e. The summed E-state index contributed by atoms with van der Waals surface area (Å²) in [7, 11) is 0.